The molecule has 144 valence electrons. The van der Waals surface area contributed by atoms with Crippen molar-refractivity contribution in [2.75, 3.05) is 20.2 Å². The number of carbonyl (C=O) groups is 1. The number of nitrogens with one attached hydrogen (secondary N) is 1. The lowest BCUT2D eigenvalue weighted by molar-refractivity contribution is -0.144. The van der Waals surface area contributed by atoms with Gasteiger partial charge < -0.3 is 9.72 Å². The average Bonchev–Trinajstić information content (AvgIpc) is 3.10. The summed E-state index contributed by atoms with van der Waals surface area (Å²) in [5, 5.41) is 4.42. The minimum Gasteiger partial charge on any atom is -0.467 e. The van der Waals surface area contributed by atoms with Crippen LogP contribution in [0.1, 0.15) is 49.9 Å². The van der Waals surface area contributed by atoms with Gasteiger partial charge in [0.1, 0.15) is 0 Å². The minimum atomic E-state index is -0.940. The Labute approximate surface area is 159 Å². The molecule has 2 aliphatic heterocycles. The van der Waals surface area contributed by atoms with Crippen molar-refractivity contribution in [2.24, 2.45) is 10.6 Å². The lowest BCUT2D eigenvalue weighted by Crippen LogP contribution is -2.50. The summed E-state index contributed by atoms with van der Waals surface area (Å²) < 4.78 is 4.83. The number of piperidine rings is 1. The Hall–Kier alpha value is -2.21. The molecular weight excluding hydrogens is 342 g/mol. The van der Waals surface area contributed by atoms with E-state index >= 15 is 0 Å². The van der Waals surface area contributed by atoms with Gasteiger partial charge in [-0.1, -0.05) is 30.3 Å². The molecule has 2 aromatic rings. The third-order valence-corrected chi connectivity index (χ3v) is 6.74. The smallest absolute Gasteiger partial charge is 0.334 e. The van der Waals surface area contributed by atoms with Gasteiger partial charge in [0.25, 0.3) is 0 Å². The molecule has 0 radical (unpaired) electrons. The van der Waals surface area contributed by atoms with E-state index in [0.717, 1.165) is 44.3 Å². The highest BCUT2D eigenvalue weighted by molar-refractivity contribution is 5.85. The van der Waals surface area contributed by atoms with Gasteiger partial charge in [0.2, 0.25) is 0 Å². The van der Waals surface area contributed by atoms with Crippen molar-refractivity contribution in [2.45, 2.75) is 51.1 Å². The Morgan fingerprint density at radius 2 is 2.22 bits per heavy atom. The summed E-state index contributed by atoms with van der Waals surface area (Å²) in [5.41, 5.74) is 3.65. The number of methoxy groups -OCH3 is 1. The largest absolute Gasteiger partial charge is 0.467 e. The van der Waals surface area contributed by atoms with Crippen molar-refractivity contribution in [3.63, 3.8) is 0 Å². The predicted octanol–water partition coefficient (Wildman–Crippen LogP) is 3.96. The number of fused-ring (bicyclic) bond motifs is 5. The zero-order chi connectivity index (χ0) is 19.0. The van der Waals surface area contributed by atoms with Crippen molar-refractivity contribution in [1.82, 2.24) is 9.88 Å². The van der Waals surface area contributed by atoms with Crippen LogP contribution in [-0.2, 0) is 16.0 Å². The molecule has 1 saturated heterocycles. The van der Waals surface area contributed by atoms with E-state index in [4.69, 9.17) is 4.74 Å². The topological polar surface area (TPSA) is 74.8 Å². The number of esters is 1. The summed E-state index contributed by atoms with van der Waals surface area (Å²) in [6.45, 7) is 4.23. The van der Waals surface area contributed by atoms with E-state index in [2.05, 4.69) is 46.2 Å². The molecule has 27 heavy (non-hydrogen) atoms. The first-order valence-corrected chi connectivity index (χ1v) is 9.87. The second kappa shape index (κ2) is 7.08. The third-order valence-electron chi connectivity index (χ3n) is 6.74. The van der Waals surface area contributed by atoms with Gasteiger partial charge in [-0.2, -0.15) is 0 Å². The maximum absolute atomic E-state index is 12.1. The van der Waals surface area contributed by atoms with Gasteiger partial charge in [-0.25, -0.2) is 4.79 Å². The summed E-state index contributed by atoms with van der Waals surface area (Å²) in [4.78, 5) is 29.7. The van der Waals surface area contributed by atoms with E-state index < -0.39 is 12.0 Å². The molecule has 0 amide bonds. The lowest BCUT2D eigenvalue weighted by Gasteiger charge is -2.52. The first-order valence-electron chi connectivity index (χ1n) is 9.87. The molecule has 1 aromatic carbocycles. The highest BCUT2D eigenvalue weighted by atomic mass is 16.5. The molecule has 3 unspecified atom stereocenters. The molecular formula is C21H27N3O3. The Balaban J connectivity index is 1.80. The number of benzene rings is 1. The van der Waals surface area contributed by atoms with E-state index in [1.54, 1.807) is 0 Å². The van der Waals surface area contributed by atoms with Crippen molar-refractivity contribution < 1.29 is 9.53 Å². The molecule has 1 fully saturated rings. The number of H-pyrrole nitrogens is 1. The van der Waals surface area contributed by atoms with E-state index in [9.17, 15) is 9.70 Å². The summed E-state index contributed by atoms with van der Waals surface area (Å²) in [7, 11) is 1.32. The number of carbonyl (C=O) groups excluding carboxylic acids is 1. The highest BCUT2D eigenvalue weighted by Crippen LogP contribution is 2.54. The van der Waals surface area contributed by atoms with Gasteiger partial charge in [-0.3, -0.25) is 4.90 Å². The Morgan fingerprint density at radius 1 is 1.41 bits per heavy atom. The number of rotatable bonds is 5. The lowest BCUT2D eigenvalue weighted by atomic mass is 9.65. The van der Waals surface area contributed by atoms with Crippen molar-refractivity contribution in [1.29, 1.82) is 0 Å². The van der Waals surface area contributed by atoms with Crippen LogP contribution in [0.2, 0.25) is 0 Å². The van der Waals surface area contributed by atoms with Gasteiger partial charge in [-0.05, 0) is 55.7 Å². The van der Waals surface area contributed by atoms with Gasteiger partial charge >= 0.3 is 5.97 Å². The van der Waals surface area contributed by atoms with E-state index in [1.165, 1.54) is 23.8 Å². The normalized spacial score (nSPS) is 26.2. The number of hydrogen-bond donors (Lipinski definition) is 1. The molecule has 3 heterocycles. The SMILES string of the molecule is CCC1(CC(N=O)C(=O)OC)CCCN2CCc3c([nH]c4ccccc34)C21. The fourth-order valence-electron chi connectivity index (χ4n) is 5.41. The van der Waals surface area contributed by atoms with Crippen molar-refractivity contribution in [3.05, 3.63) is 40.4 Å². The Kier molecular flexibility index (Phi) is 4.76. The fourth-order valence-corrected chi connectivity index (χ4v) is 5.41. The summed E-state index contributed by atoms with van der Waals surface area (Å²) >= 11 is 0. The second-order valence-electron chi connectivity index (χ2n) is 7.92. The molecule has 4 rings (SSSR count). The van der Waals surface area contributed by atoms with Crippen LogP contribution in [0.15, 0.2) is 29.4 Å². The number of hydrogen-bond acceptors (Lipinski definition) is 5. The standard InChI is InChI=1S/C21H27N3O3/c1-3-21(13-17(23-26)20(25)27-2)10-6-11-24-12-9-15-14-7-4-5-8-16(14)22-18(15)19(21)24/h4-5,7-8,17,19,22H,3,6,9-13H2,1-2H3. The quantitative estimate of drug-likeness (QED) is 0.639. The van der Waals surface area contributed by atoms with E-state index in [1.807, 2.05) is 0 Å². The van der Waals surface area contributed by atoms with E-state index in [0.29, 0.717) is 6.42 Å². The summed E-state index contributed by atoms with van der Waals surface area (Å²) in [6.07, 6.45) is 4.43. The highest BCUT2D eigenvalue weighted by Gasteiger charge is 2.49. The maximum atomic E-state index is 12.1. The van der Waals surface area contributed by atoms with E-state index in [-0.39, 0.29) is 11.5 Å². The van der Waals surface area contributed by atoms with Gasteiger partial charge in [0, 0.05) is 23.1 Å². The van der Waals surface area contributed by atoms with Crippen LogP contribution in [0.5, 0.6) is 0 Å². The monoisotopic (exact) mass is 369 g/mol. The van der Waals surface area contributed by atoms with Gasteiger partial charge in [0.15, 0.2) is 6.04 Å². The molecule has 2 aliphatic rings. The van der Waals surface area contributed by atoms with Crippen molar-refractivity contribution >= 4 is 16.9 Å². The molecule has 6 heteroatoms. The Bertz CT molecular complexity index is 861. The Morgan fingerprint density at radius 3 is 2.96 bits per heavy atom. The second-order valence-corrected chi connectivity index (χ2v) is 7.92. The van der Waals surface area contributed by atoms with Crippen LogP contribution >= 0.6 is 0 Å². The van der Waals surface area contributed by atoms with Crippen LogP contribution in [-0.4, -0.2) is 42.1 Å². The fraction of sp³-hybridized carbons (Fsp3) is 0.571. The molecule has 0 bridgehead atoms. The third kappa shape index (κ3) is 2.87. The maximum Gasteiger partial charge on any atom is 0.334 e. The van der Waals surface area contributed by atoms with Crippen LogP contribution < -0.4 is 0 Å². The van der Waals surface area contributed by atoms with Crippen molar-refractivity contribution in [3.8, 4) is 0 Å². The first-order chi connectivity index (χ1) is 13.1. The predicted molar refractivity (Wildman–Crippen MR) is 104 cm³/mol. The number of nitrogens with zero attached hydrogens (tertiary/aromatic N) is 2. The number of para-hydroxylation sites is 1. The number of aromatic amines is 1. The summed E-state index contributed by atoms with van der Waals surface area (Å²) in [5.74, 6) is -0.525. The molecule has 0 saturated carbocycles. The zero-order valence-corrected chi connectivity index (χ0v) is 16.0. The van der Waals surface area contributed by atoms with Gasteiger partial charge in [0.05, 0.1) is 13.2 Å². The van der Waals surface area contributed by atoms with Crippen LogP contribution in [0, 0.1) is 10.3 Å². The summed E-state index contributed by atoms with van der Waals surface area (Å²) in [6, 6.07) is 7.69. The van der Waals surface area contributed by atoms with Gasteiger partial charge in [-0.15, -0.1) is 4.91 Å². The molecule has 0 aliphatic carbocycles. The number of nitroso groups, excluding NO2 is 1. The molecule has 1 N–H and O–H groups in total. The number of aromatic nitrogens is 1. The average molecular weight is 369 g/mol. The number of ether oxygens (including phenoxy) is 1. The van der Waals surface area contributed by atoms with Crippen LogP contribution in [0.3, 0.4) is 0 Å². The molecule has 6 nitrogen and oxygen atoms in total. The molecule has 0 spiro atoms. The first kappa shape index (κ1) is 18.2. The van der Waals surface area contributed by atoms with Crippen LogP contribution in [0.4, 0.5) is 0 Å². The van der Waals surface area contributed by atoms with Crippen LogP contribution in [0.25, 0.3) is 10.9 Å². The zero-order valence-electron chi connectivity index (χ0n) is 16.0. The molecule has 1 aromatic heterocycles. The molecule has 3 atom stereocenters. The minimum absolute atomic E-state index is 0.166.